The third-order valence-corrected chi connectivity index (χ3v) is 2.50. The van der Waals surface area contributed by atoms with Gasteiger partial charge < -0.3 is 4.98 Å². The van der Waals surface area contributed by atoms with Crippen LogP contribution in [0.4, 0.5) is 0 Å². The number of nitrogens with zero attached hydrogens (tertiary/aromatic N) is 2. The number of aromatic amines is 1. The summed E-state index contributed by atoms with van der Waals surface area (Å²) >= 11 is 0. The number of rotatable bonds is 2. The van der Waals surface area contributed by atoms with Crippen molar-refractivity contribution in [3.05, 3.63) is 18.2 Å². The smallest absolute Gasteiger partial charge is 0.148 e. The van der Waals surface area contributed by atoms with Crippen LogP contribution in [0.1, 0.15) is 37.9 Å². The highest BCUT2D eigenvalue weighted by atomic mass is 14.9. The second kappa shape index (κ2) is 4.21. The van der Waals surface area contributed by atoms with E-state index in [0.717, 1.165) is 5.82 Å². The molecule has 2 rings (SSSR count). The van der Waals surface area contributed by atoms with E-state index < -0.39 is 0 Å². The maximum Gasteiger partial charge on any atom is 0.148 e. The van der Waals surface area contributed by atoms with Gasteiger partial charge in [0.05, 0.1) is 12.3 Å². The summed E-state index contributed by atoms with van der Waals surface area (Å²) in [5.41, 5.74) is 0. The molecule has 70 valence electrons. The second-order valence-corrected chi connectivity index (χ2v) is 3.54. The van der Waals surface area contributed by atoms with Gasteiger partial charge in [-0.3, -0.25) is 4.99 Å². The molecule has 13 heavy (non-hydrogen) atoms. The fraction of sp³-hybridized carbons (Fsp3) is 0.600. The Morgan fingerprint density at radius 3 is 2.92 bits per heavy atom. The molecule has 0 spiro atoms. The molecule has 1 aliphatic rings. The second-order valence-electron chi connectivity index (χ2n) is 3.54. The first-order valence-electron chi connectivity index (χ1n) is 4.98. The molecule has 3 heteroatoms. The van der Waals surface area contributed by atoms with Gasteiger partial charge in [-0.05, 0) is 12.8 Å². The van der Waals surface area contributed by atoms with Gasteiger partial charge in [-0.25, -0.2) is 4.98 Å². The average molecular weight is 177 g/mol. The van der Waals surface area contributed by atoms with E-state index in [-0.39, 0.29) is 0 Å². The van der Waals surface area contributed by atoms with Crippen LogP contribution in [0.2, 0.25) is 0 Å². The van der Waals surface area contributed by atoms with Gasteiger partial charge in [0.15, 0.2) is 0 Å². The summed E-state index contributed by atoms with van der Waals surface area (Å²) in [6, 6.07) is 0.541. The Morgan fingerprint density at radius 1 is 1.38 bits per heavy atom. The predicted octanol–water partition coefficient (Wildman–Crippen LogP) is 2.16. The van der Waals surface area contributed by atoms with Gasteiger partial charge in [-0.2, -0.15) is 0 Å². The van der Waals surface area contributed by atoms with Crippen molar-refractivity contribution < 1.29 is 0 Å². The third kappa shape index (κ3) is 2.41. The molecule has 0 atom stereocenters. The zero-order valence-electron chi connectivity index (χ0n) is 7.74. The minimum atomic E-state index is 0.541. The number of imidazole rings is 1. The monoisotopic (exact) mass is 177 g/mol. The van der Waals surface area contributed by atoms with Crippen molar-refractivity contribution in [2.45, 2.75) is 38.1 Å². The fourth-order valence-corrected chi connectivity index (χ4v) is 1.75. The Kier molecular flexibility index (Phi) is 2.75. The topological polar surface area (TPSA) is 41.0 Å². The molecule has 0 aromatic carbocycles. The SMILES string of the molecule is C(=N\C1CCCCC1)/c1ncc[nH]1. The molecule has 1 N–H and O–H groups in total. The van der Waals surface area contributed by atoms with Crippen molar-refractivity contribution in [2.75, 3.05) is 0 Å². The molecule has 3 nitrogen and oxygen atoms in total. The van der Waals surface area contributed by atoms with E-state index >= 15 is 0 Å². The molecule has 0 aliphatic heterocycles. The molecule has 0 amide bonds. The first-order chi connectivity index (χ1) is 6.45. The van der Waals surface area contributed by atoms with Crippen LogP contribution in [0.5, 0.6) is 0 Å². The summed E-state index contributed by atoms with van der Waals surface area (Å²) in [6.07, 6.45) is 12.0. The molecule has 0 saturated heterocycles. The molecule has 1 heterocycles. The number of hydrogen-bond donors (Lipinski definition) is 1. The number of aromatic nitrogens is 2. The van der Waals surface area contributed by atoms with Gasteiger partial charge in [-0.15, -0.1) is 0 Å². The fourth-order valence-electron chi connectivity index (χ4n) is 1.75. The number of hydrogen-bond acceptors (Lipinski definition) is 2. The van der Waals surface area contributed by atoms with Crippen molar-refractivity contribution in [3.63, 3.8) is 0 Å². The summed E-state index contributed by atoms with van der Waals surface area (Å²) < 4.78 is 0. The Hall–Kier alpha value is -1.12. The molecular formula is C10H15N3. The summed E-state index contributed by atoms with van der Waals surface area (Å²) in [5.74, 6) is 0.866. The predicted molar refractivity (Wildman–Crippen MR) is 53.1 cm³/mol. The van der Waals surface area contributed by atoms with E-state index in [0.29, 0.717) is 6.04 Å². The molecule has 0 radical (unpaired) electrons. The average Bonchev–Trinajstić information content (AvgIpc) is 2.69. The van der Waals surface area contributed by atoms with Gasteiger partial charge >= 0.3 is 0 Å². The standard InChI is InChI=1S/C10H15N3/c1-2-4-9(5-3-1)13-8-10-11-6-7-12-10/h6-9H,1-5H2,(H,11,12)/b13-8+. The highest BCUT2D eigenvalue weighted by Gasteiger charge is 2.10. The van der Waals surface area contributed by atoms with Crippen LogP contribution in [-0.4, -0.2) is 22.2 Å². The van der Waals surface area contributed by atoms with Crippen molar-refractivity contribution in [2.24, 2.45) is 4.99 Å². The van der Waals surface area contributed by atoms with Crippen molar-refractivity contribution >= 4 is 6.21 Å². The zero-order valence-corrected chi connectivity index (χ0v) is 7.74. The normalized spacial score (nSPS) is 19.7. The maximum absolute atomic E-state index is 4.51. The number of aliphatic imine (C=N–C) groups is 1. The summed E-state index contributed by atoms with van der Waals surface area (Å²) in [5, 5.41) is 0. The number of H-pyrrole nitrogens is 1. The Balaban J connectivity index is 1.89. The van der Waals surface area contributed by atoms with Crippen LogP contribution in [0.15, 0.2) is 17.4 Å². The van der Waals surface area contributed by atoms with Crippen LogP contribution in [-0.2, 0) is 0 Å². The lowest BCUT2D eigenvalue weighted by Crippen LogP contribution is -2.09. The lowest BCUT2D eigenvalue weighted by Gasteiger charge is -2.16. The highest BCUT2D eigenvalue weighted by Crippen LogP contribution is 2.19. The largest absolute Gasteiger partial charge is 0.344 e. The van der Waals surface area contributed by atoms with Gasteiger partial charge in [-0.1, -0.05) is 19.3 Å². The van der Waals surface area contributed by atoms with Crippen LogP contribution >= 0.6 is 0 Å². The van der Waals surface area contributed by atoms with Crippen molar-refractivity contribution in [1.29, 1.82) is 0 Å². The first kappa shape index (κ1) is 8.48. The van der Waals surface area contributed by atoms with Crippen LogP contribution in [0.25, 0.3) is 0 Å². The Bertz CT molecular complexity index is 258. The summed E-state index contributed by atoms with van der Waals surface area (Å²) in [7, 11) is 0. The van der Waals surface area contributed by atoms with E-state index in [1.165, 1.54) is 32.1 Å². The quantitative estimate of drug-likeness (QED) is 0.691. The Morgan fingerprint density at radius 2 is 2.23 bits per heavy atom. The van der Waals surface area contributed by atoms with E-state index in [1.54, 1.807) is 6.20 Å². The third-order valence-electron chi connectivity index (χ3n) is 2.50. The minimum absolute atomic E-state index is 0.541. The summed E-state index contributed by atoms with van der Waals surface area (Å²) in [4.78, 5) is 11.6. The Labute approximate surface area is 78.3 Å². The molecule has 0 bridgehead atoms. The molecule has 0 unspecified atom stereocenters. The van der Waals surface area contributed by atoms with E-state index in [4.69, 9.17) is 0 Å². The van der Waals surface area contributed by atoms with Gasteiger partial charge in [0.2, 0.25) is 0 Å². The lowest BCUT2D eigenvalue weighted by molar-refractivity contribution is 0.444. The highest BCUT2D eigenvalue weighted by molar-refractivity contribution is 5.74. The molecule has 1 aromatic rings. The minimum Gasteiger partial charge on any atom is -0.344 e. The van der Waals surface area contributed by atoms with E-state index in [1.807, 2.05) is 12.4 Å². The number of nitrogens with one attached hydrogen (secondary N) is 1. The van der Waals surface area contributed by atoms with Gasteiger partial charge in [0.1, 0.15) is 5.82 Å². The lowest BCUT2D eigenvalue weighted by atomic mass is 9.96. The van der Waals surface area contributed by atoms with Gasteiger partial charge in [0, 0.05) is 12.4 Å². The van der Waals surface area contributed by atoms with Crippen LogP contribution in [0.3, 0.4) is 0 Å². The van der Waals surface area contributed by atoms with Crippen LogP contribution < -0.4 is 0 Å². The van der Waals surface area contributed by atoms with Gasteiger partial charge in [0.25, 0.3) is 0 Å². The molecular weight excluding hydrogens is 162 g/mol. The first-order valence-corrected chi connectivity index (χ1v) is 4.98. The van der Waals surface area contributed by atoms with Crippen LogP contribution in [0, 0.1) is 0 Å². The van der Waals surface area contributed by atoms with E-state index in [2.05, 4.69) is 15.0 Å². The van der Waals surface area contributed by atoms with E-state index in [9.17, 15) is 0 Å². The molecule has 1 saturated carbocycles. The molecule has 1 aromatic heterocycles. The molecule has 1 aliphatic carbocycles. The van der Waals surface area contributed by atoms with Crippen molar-refractivity contribution in [3.8, 4) is 0 Å². The summed E-state index contributed by atoms with van der Waals surface area (Å²) in [6.45, 7) is 0. The zero-order chi connectivity index (χ0) is 8.93. The molecule has 1 fully saturated rings. The van der Waals surface area contributed by atoms with Crippen molar-refractivity contribution in [1.82, 2.24) is 9.97 Å². The maximum atomic E-state index is 4.51.